The summed E-state index contributed by atoms with van der Waals surface area (Å²) in [5.74, 6) is 1.83. The van der Waals surface area contributed by atoms with E-state index in [1.165, 1.54) is 0 Å². The lowest BCUT2D eigenvalue weighted by Gasteiger charge is -2.11. The second-order valence-electron chi connectivity index (χ2n) is 4.39. The van der Waals surface area contributed by atoms with Crippen molar-refractivity contribution < 1.29 is 5.11 Å². The fourth-order valence-electron chi connectivity index (χ4n) is 1.51. The van der Waals surface area contributed by atoms with E-state index in [4.69, 9.17) is 16.7 Å². The molecule has 0 aliphatic rings. The van der Waals surface area contributed by atoms with E-state index in [0.29, 0.717) is 16.9 Å². The Balaban J connectivity index is 2.47. The van der Waals surface area contributed by atoms with E-state index in [0.717, 1.165) is 30.8 Å². The normalized spacial score (nSPS) is 12.5. The largest absolute Gasteiger partial charge is 0.396 e. The zero-order valence-electron chi connectivity index (χ0n) is 10.6. The van der Waals surface area contributed by atoms with Crippen LogP contribution in [0.3, 0.4) is 0 Å². The monoisotopic (exact) mass is 257 g/mol. The third-order valence-electron chi connectivity index (χ3n) is 2.68. The number of aryl methyl sites for hydroxylation is 1. The highest BCUT2D eigenvalue weighted by atomic mass is 35.5. The Morgan fingerprint density at radius 3 is 2.71 bits per heavy atom. The molecular weight excluding hydrogens is 238 g/mol. The van der Waals surface area contributed by atoms with Gasteiger partial charge in [-0.05, 0) is 32.6 Å². The van der Waals surface area contributed by atoms with Gasteiger partial charge in [-0.1, -0.05) is 18.5 Å². The van der Waals surface area contributed by atoms with Gasteiger partial charge in [-0.15, -0.1) is 0 Å². The number of aromatic nitrogens is 2. The summed E-state index contributed by atoms with van der Waals surface area (Å²) in [4.78, 5) is 8.40. The molecule has 2 N–H and O–H groups in total. The highest BCUT2D eigenvalue weighted by molar-refractivity contribution is 6.30. The summed E-state index contributed by atoms with van der Waals surface area (Å²) in [5, 5.41) is 12.7. The number of aliphatic hydroxyl groups excluding tert-OH is 1. The number of aliphatic hydroxyl groups is 1. The topological polar surface area (TPSA) is 58.0 Å². The van der Waals surface area contributed by atoms with Crippen LogP contribution in [-0.2, 0) is 0 Å². The minimum absolute atomic E-state index is 0.247. The average Bonchev–Trinajstić information content (AvgIpc) is 2.30. The van der Waals surface area contributed by atoms with Gasteiger partial charge in [0.05, 0.1) is 0 Å². The molecule has 4 nitrogen and oxygen atoms in total. The molecule has 0 aliphatic heterocycles. The molecule has 0 radical (unpaired) electrons. The molecule has 0 aromatic carbocycles. The van der Waals surface area contributed by atoms with Crippen LogP contribution in [0.25, 0.3) is 0 Å². The smallest absolute Gasteiger partial charge is 0.137 e. The predicted molar refractivity (Wildman–Crippen MR) is 70.5 cm³/mol. The number of hydrogen-bond acceptors (Lipinski definition) is 4. The number of anilines is 1. The Hall–Kier alpha value is -0.870. The summed E-state index contributed by atoms with van der Waals surface area (Å²) in [6.45, 7) is 6.84. The Bertz CT molecular complexity index is 371. The van der Waals surface area contributed by atoms with Gasteiger partial charge in [0.2, 0.25) is 0 Å². The van der Waals surface area contributed by atoms with E-state index in [1.807, 2.05) is 20.8 Å². The van der Waals surface area contributed by atoms with Crippen LogP contribution in [0, 0.1) is 19.8 Å². The van der Waals surface area contributed by atoms with Crippen LogP contribution in [0.2, 0.25) is 5.15 Å². The average molecular weight is 258 g/mol. The minimum atomic E-state index is 0.247. The zero-order chi connectivity index (χ0) is 12.8. The lowest BCUT2D eigenvalue weighted by molar-refractivity contribution is 0.229. The molecule has 1 atom stereocenters. The van der Waals surface area contributed by atoms with Crippen molar-refractivity contribution >= 4 is 17.4 Å². The molecule has 1 aromatic heterocycles. The molecule has 0 bridgehead atoms. The van der Waals surface area contributed by atoms with Crippen LogP contribution in [0.4, 0.5) is 5.82 Å². The standard InChI is InChI=1S/C12H20ClN3O/c1-8(7-17)5-4-6-14-12-9(2)11(13)15-10(3)16-12/h8,17H,4-7H2,1-3H3,(H,14,15,16). The van der Waals surface area contributed by atoms with Gasteiger partial charge >= 0.3 is 0 Å². The number of rotatable bonds is 6. The molecule has 0 spiro atoms. The fourth-order valence-corrected chi connectivity index (χ4v) is 1.73. The molecule has 1 aromatic rings. The maximum atomic E-state index is 8.91. The van der Waals surface area contributed by atoms with Gasteiger partial charge in [-0.25, -0.2) is 9.97 Å². The van der Waals surface area contributed by atoms with Gasteiger partial charge in [0, 0.05) is 18.7 Å². The molecule has 1 rings (SSSR count). The summed E-state index contributed by atoms with van der Waals surface area (Å²) in [6.07, 6.45) is 2.00. The number of nitrogens with one attached hydrogen (secondary N) is 1. The van der Waals surface area contributed by atoms with Crippen LogP contribution >= 0.6 is 11.6 Å². The summed E-state index contributed by atoms with van der Waals surface area (Å²) in [5.41, 5.74) is 0.882. The highest BCUT2D eigenvalue weighted by Crippen LogP contribution is 2.19. The van der Waals surface area contributed by atoms with Crippen LogP contribution in [-0.4, -0.2) is 28.2 Å². The van der Waals surface area contributed by atoms with Crippen molar-refractivity contribution in [2.75, 3.05) is 18.5 Å². The molecule has 1 heterocycles. The molecule has 17 heavy (non-hydrogen) atoms. The Kier molecular flexibility index (Phi) is 5.65. The van der Waals surface area contributed by atoms with Crippen LogP contribution < -0.4 is 5.32 Å². The van der Waals surface area contributed by atoms with E-state index in [2.05, 4.69) is 15.3 Å². The highest BCUT2D eigenvalue weighted by Gasteiger charge is 2.06. The molecule has 5 heteroatoms. The van der Waals surface area contributed by atoms with Crippen molar-refractivity contribution in [3.63, 3.8) is 0 Å². The van der Waals surface area contributed by atoms with Crippen molar-refractivity contribution in [1.29, 1.82) is 0 Å². The van der Waals surface area contributed by atoms with E-state index >= 15 is 0 Å². The van der Waals surface area contributed by atoms with E-state index in [9.17, 15) is 0 Å². The maximum Gasteiger partial charge on any atom is 0.137 e. The minimum Gasteiger partial charge on any atom is -0.396 e. The lowest BCUT2D eigenvalue weighted by Crippen LogP contribution is -2.09. The molecule has 0 saturated carbocycles. The van der Waals surface area contributed by atoms with Crippen LogP contribution in [0.1, 0.15) is 31.2 Å². The second-order valence-corrected chi connectivity index (χ2v) is 4.75. The van der Waals surface area contributed by atoms with Crippen molar-refractivity contribution in [2.24, 2.45) is 5.92 Å². The molecular formula is C12H20ClN3O. The third kappa shape index (κ3) is 4.48. The molecule has 1 unspecified atom stereocenters. The summed E-state index contributed by atoms with van der Waals surface area (Å²) >= 11 is 5.98. The molecule has 0 saturated heterocycles. The zero-order valence-corrected chi connectivity index (χ0v) is 11.4. The molecule has 0 amide bonds. The first-order valence-electron chi connectivity index (χ1n) is 5.90. The van der Waals surface area contributed by atoms with E-state index in [-0.39, 0.29) is 6.61 Å². The second kappa shape index (κ2) is 6.77. The van der Waals surface area contributed by atoms with Gasteiger partial charge in [0.25, 0.3) is 0 Å². The summed E-state index contributed by atoms with van der Waals surface area (Å²) in [6, 6.07) is 0. The van der Waals surface area contributed by atoms with Crippen molar-refractivity contribution in [3.8, 4) is 0 Å². The number of halogens is 1. The SMILES string of the molecule is Cc1nc(Cl)c(C)c(NCCCC(C)CO)n1. The summed E-state index contributed by atoms with van der Waals surface area (Å²) in [7, 11) is 0. The first-order chi connectivity index (χ1) is 8.04. The maximum absolute atomic E-state index is 8.91. The van der Waals surface area contributed by atoms with Gasteiger partial charge in [0.1, 0.15) is 16.8 Å². The fraction of sp³-hybridized carbons (Fsp3) is 0.667. The Labute approximate surface area is 107 Å². The van der Waals surface area contributed by atoms with Gasteiger partial charge in [0.15, 0.2) is 0 Å². The Morgan fingerprint density at radius 2 is 2.06 bits per heavy atom. The lowest BCUT2D eigenvalue weighted by atomic mass is 10.1. The predicted octanol–water partition coefficient (Wildman–Crippen LogP) is 2.57. The van der Waals surface area contributed by atoms with Crippen molar-refractivity contribution in [1.82, 2.24) is 9.97 Å². The third-order valence-corrected chi connectivity index (χ3v) is 3.04. The molecule has 0 aliphatic carbocycles. The number of nitrogens with zero attached hydrogens (tertiary/aromatic N) is 2. The Morgan fingerprint density at radius 1 is 1.35 bits per heavy atom. The molecule has 0 fully saturated rings. The van der Waals surface area contributed by atoms with Gasteiger partial charge < -0.3 is 10.4 Å². The first kappa shape index (κ1) is 14.2. The van der Waals surface area contributed by atoms with Gasteiger partial charge in [-0.2, -0.15) is 0 Å². The van der Waals surface area contributed by atoms with Crippen LogP contribution in [0.15, 0.2) is 0 Å². The van der Waals surface area contributed by atoms with Gasteiger partial charge in [-0.3, -0.25) is 0 Å². The van der Waals surface area contributed by atoms with E-state index in [1.54, 1.807) is 0 Å². The number of hydrogen-bond donors (Lipinski definition) is 2. The first-order valence-corrected chi connectivity index (χ1v) is 6.28. The van der Waals surface area contributed by atoms with E-state index < -0.39 is 0 Å². The summed E-state index contributed by atoms with van der Waals surface area (Å²) < 4.78 is 0. The molecule has 96 valence electrons. The van der Waals surface area contributed by atoms with Crippen molar-refractivity contribution in [2.45, 2.75) is 33.6 Å². The van der Waals surface area contributed by atoms with Crippen molar-refractivity contribution in [3.05, 3.63) is 16.5 Å². The van der Waals surface area contributed by atoms with Crippen LogP contribution in [0.5, 0.6) is 0 Å². The quantitative estimate of drug-likeness (QED) is 0.608.